The molecular formula is C17H20BrClN4O2. The topological polar surface area (TPSA) is 59.4 Å². The molecule has 1 N–H and O–H groups in total. The van der Waals surface area contributed by atoms with E-state index in [1.165, 1.54) is 0 Å². The number of nitrogens with one attached hydrogen (secondary N) is 1. The average molecular weight is 428 g/mol. The summed E-state index contributed by atoms with van der Waals surface area (Å²) < 4.78 is 7.76. The number of carbonyl (C=O) groups is 1. The third-order valence-electron chi connectivity index (χ3n) is 4.13. The number of hydrogen-bond acceptors (Lipinski definition) is 4. The average Bonchev–Trinajstić information content (AvgIpc) is 2.90. The number of ether oxygens (including phenoxy) is 1. The summed E-state index contributed by atoms with van der Waals surface area (Å²) in [4.78, 5) is 14.8. The Morgan fingerprint density at radius 3 is 2.76 bits per heavy atom. The molecule has 1 aliphatic heterocycles. The third-order valence-corrected chi connectivity index (χ3v) is 5.38. The maximum Gasteiger partial charge on any atom is 0.275 e. The van der Waals surface area contributed by atoms with Crippen LogP contribution in [-0.4, -0.2) is 42.0 Å². The number of amides is 1. The van der Waals surface area contributed by atoms with Gasteiger partial charge in [0.15, 0.2) is 0 Å². The van der Waals surface area contributed by atoms with E-state index < -0.39 is 0 Å². The van der Waals surface area contributed by atoms with Crippen LogP contribution in [0, 0.1) is 6.92 Å². The van der Waals surface area contributed by atoms with Crippen molar-refractivity contribution in [3.05, 3.63) is 39.1 Å². The van der Waals surface area contributed by atoms with Crippen LogP contribution in [0.1, 0.15) is 23.1 Å². The van der Waals surface area contributed by atoms with Crippen molar-refractivity contribution in [2.75, 3.05) is 36.5 Å². The van der Waals surface area contributed by atoms with Crippen LogP contribution in [0.2, 0.25) is 5.02 Å². The number of anilines is 2. The summed E-state index contributed by atoms with van der Waals surface area (Å²) in [5.41, 5.74) is 2.90. The maximum atomic E-state index is 12.7. The first-order chi connectivity index (χ1) is 12.0. The molecule has 1 aromatic heterocycles. The molecule has 1 amide bonds. The molecule has 0 saturated carbocycles. The van der Waals surface area contributed by atoms with E-state index >= 15 is 0 Å². The fraction of sp³-hybridized carbons (Fsp3) is 0.412. The molecule has 6 nitrogen and oxygen atoms in total. The van der Waals surface area contributed by atoms with Crippen LogP contribution in [0.25, 0.3) is 0 Å². The Balaban J connectivity index is 1.79. The summed E-state index contributed by atoms with van der Waals surface area (Å²) in [5.74, 6) is -0.218. The van der Waals surface area contributed by atoms with Gasteiger partial charge in [-0.15, -0.1) is 0 Å². The fourth-order valence-electron chi connectivity index (χ4n) is 2.84. The molecule has 25 heavy (non-hydrogen) atoms. The summed E-state index contributed by atoms with van der Waals surface area (Å²) >= 11 is 9.87. The number of rotatable bonds is 4. The van der Waals surface area contributed by atoms with Crippen LogP contribution >= 0.6 is 27.5 Å². The zero-order valence-corrected chi connectivity index (χ0v) is 16.5. The molecule has 2 heterocycles. The minimum absolute atomic E-state index is 0.218. The van der Waals surface area contributed by atoms with E-state index in [4.69, 9.17) is 16.3 Å². The lowest BCUT2D eigenvalue weighted by atomic mass is 10.2. The molecule has 2 aromatic rings. The Morgan fingerprint density at radius 2 is 2.12 bits per heavy atom. The molecule has 1 aliphatic rings. The molecule has 0 radical (unpaired) electrons. The normalized spacial score (nSPS) is 14.6. The third kappa shape index (κ3) is 3.83. The Kier molecular flexibility index (Phi) is 5.66. The summed E-state index contributed by atoms with van der Waals surface area (Å²) in [6, 6.07) is 5.57. The molecule has 134 valence electrons. The lowest BCUT2D eigenvalue weighted by Gasteiger charge is -2.29. The monoisotopic (exact) mass is 426 g/mol. The van der Waals surface area contributed by atoms with Crippen molar-refractivity contribution in [3.63, 3.8) is 0 Å². The summed E-state index contributed by atoms with van der Waals surface area (Å²) in [5, 5.41) is 7.86. The van der Waals surface area contributed by atoms with Gasteiger partial charge in [-0.3, -0.25) is 9.48 Å². The van der Waals surface area contributed by atoms with Gasteiger partial charge in [0.1, 0.15) is 5.69 Å². The van der Waals surface area contributed by atoms with E-state index in [1.54, 1.807) is 10.7 Å². The van der Waals surface area contributed by atoms with Crippen LogP contribution in [0.4, 0.5) is 11.4 Å². The molecule has 0 spiro atoms. The van der Waals surface area contributed by atoms with Crippen molar-refractivity contribution in [2.24, 2.45) is 0 Å². The van der Waals surface area contributed by atoms with Crippen LogP contribution in [0.15, 0.2) is 22.7 Å². The molecule has 3 rings (SSSR count). The van der Waals surface area contributed by atoms with E-state index in [1.807, 2.05) is 26.0 Å². The highest BCUT2D eigenvalue weighted by atomic mass is 79.9. The van der Waals surface area contributed by atoms with E-state index in [9.17, 15) is 4.79 Å². The van der Waals surface area contributed by atoms with Crippen LogP contribution < -0.4 is 10.2 Å². The van der Waals surface area contributed by atoms with Gasteiger partial charge in [-0.25, -0.2) is 0 Å². The van der Waals surface area contributed by atoms with E-state index in [-0.39, 0.29) is 5.91 Å². The molecule has 0 unspecified atom stereocenters. The summed E-state index contributed by atoms with van der Waals surface area (Å²) in [6.45, 7) is 7.45. The Labute approximate surface area is 160 Å². The molecule has 1 saturated heterocycles. The lowest BCUT2D eigenvalue weighted by molar-refractivity contribution is 0.101. The quantitative estimate of drug-likeness (QED) is 0.808. The number of carbonyl (C=O) groups excluding carboxylic acids is 1. The second kappa shape index (κ2) is 7.76. The number of aryl methyl sites for hydroxylation is 2. The van der Waals surface area contributed by atoms with Crippen LogP contribution in [0.5, 0.6) is 0 Å². The van der Waals surface area contributed by atoms with E-state index in [2.05, 4.69) is 31.2 Å². The van der Waals surface area contributed by atoms with Gasteiger partial charge < -0.3 is 15.0 Å². The predicted molar refractivity (Wildman–Crippen MR) is 103 cm³/mol. The number of aromatic nitrogens is 2. The van der Waals surface area contributed by atoms with Gasteiger partial charge >= 0.3 is 0 Å². The first-order valence-electron chi connectivity index (χ1n) is 8.17. The second-order valence-electron chi connectivity index (χ2n) is 5.78. The highest BCUT2D eigenvalue weighted by Crippen LogP contribution is 2.30. The van der Waals surface area contributed by atoms with Gasteiger partial charge in [-0.05, 0) is 48.0 Å². The maximum absolute atomic E-state index is 12.7. The minimum atomic E-state index is -0.218. The van der Waals surface area contributed by atoms with E-state index in [0.29, 0.717) is 40.6 Å². The second-order valence-corrected chi connectivity index (χ2v) is 6.98. The van der Waals surface area contributed by atoms with Crippen molar-refractivity contribution < 1.29 is 9.53 Å². The number of nitrogens with zero attached hydrogens (tertiary/aromatic N) is 3. The van der Waals surface area contributed by atoms with Crippen molar-refractivity contribution in [2.45, 2.75) is 20.4 Å². The Morgan fingerprint density at radius 1 is 1.40 bits per heavy atom. The predicted octanol–water partition coefficient (Wildman–Crippen LogP) is 3.72. The highest BCUT2D eigenvalue weighted by molar-refractivity contribution is 9.10. The van der Waals surface area contributed by atoms with Gasteiger partial charge in [-0.1, -0.05) is 11.6 Å². The molecule has 0 bridgehead atoms. The molecule has 1 aromatic carbocycles. The molecule has 8 heteroatoms. The molecule has 0 atom stereocenters. The van der Waals surface area contributed by atoms with Crippen molar-refractivity contribution in [3.8, 4) is 0 Å². The Bertz CT molecular complexity index is 787. The summed E-state index contributed by atoms with van der Waals surface area (Å²) in [7, 11) is 0. The van der Waals surface area contributed by atoms with Gasteiger partial charge in [0.2, 0.25) is 0 Å². The first-order valence-corrected chi connectivity index (χ1v) is 9.35. The van der Waals surface area contributed by atoms with Crippen molar-refractivity contribution in [1.29, 1.82) is 0 Å². The Hall–Kier alpha value is -1.57. The number of morpholine rings is 1. The molecule has 1 fully saturated rings. The minimum Gasteiger partial charge on any atom is -0.378 e. The van der Waals surface area contributed by atoms with Gasteiger partial charge in [0.25, 0.3) is 5.91 Å². The number of hydrogen-bond donors (Lipinski definition) is 1. The van der Waals surface area contributed by atoms with Gasteiger partial charge in [-0.2, -0.15) is 5.10 Å². The van der Waals surface area contributed by atoms with E-state index in [0.717, 1.165) is 24.5 Å². The van der Waals surface area contributed by atoms with Gasteiger partial charge in [0, 0.05) is 25.3 Å². The highest BCUT2D eigenvalue weighted by Gasteiger charge is 2.20. The smallest absolute Gasteiger partial charge is 0.275 e. The molecule has 0 aliphatic carbocycles. The number of halogens is 2. The lowest BCUT2D eigenvalue weighted by Crippen LogP contribution is -2.36. The van der Waals surface area contributed by atoms with Crippen LogP contribution in [0.3, 0.4) is 0 Å². The van der Waals surface area contributed by atoms with Gasteiger partial charge in [0.05, 0.1) is 34.1 Å². The largest absolute Gasteiger partial charge is 0.378 e. The zero-order valence-electron chi connectivity index (χ0n) is 14.2. The first kappa shape index (κ1) is 18.2. The fourth-order valence-corrected chi connectivity index (χ4v) is 3.61. The SMILES string of the molecule is CCn1nc(C)c(Br)c1C(=O)Nc1ccc(N2CCOCC2)c(Cl)c1. The number of benzene rings is 1. The van der Waals surface area contributed by atoms with Crippen molar-refractivity contribution in [1.82, 2.24) is 9.78 Å². The van der Waals surface area contributed by atoms with Crippen LogP contribution in [-0.2, 0) is 11.3 Å². The zero-order chi connectivity index (χ0) is 18.0. The summed E-state index contributed by atoms with van der Waals surface area (Å²) in [6.07, 6.45) is 0. The standard InChI is InChI=1S/C17H20BrClN4O2/c1-3-23-16(15(18)11(2)21-23)17(24)20-12-4-5-14(13(19)10-12)22-6-8-25-9-7-22/h4-5,10H,3,6-9H2,1-2H3,(H,20,24). The molecular weight excluding hydrogens is 408 g/mol. The van der Waals surface area contributed by atoms with Crippen molar-refractivity contribution >= 4 is 44.8 Å².